The minimum Gasteiger partial charge on any atom is -0.334 e. The summed E-state index contributed by atoms with van der Waals surface area (Å²) in [5.74, 6) is 0.120. The highest BCUT2D eigenvalue weighted by Crippen LogP contribution is 2.27. The van der Waals surface area contributed by atoms with E-state index < -0.39 is 4.92 Å². The predicted molar refractivity (Wildman–Crippen MR) is 73.3 cm³/mol. The number of anilines is 2. The van der Waals surface area contributed by atoms with Crippen LogP contribution in [0.15, 0.2) is 40.9 Å². The Morgan fingerprint density at radius 3 is 2.50 bits per heavy atom. The summed E-state index contributed by atoms with van der Waals surface area (Å²) in [6.45, 7) is 0. The standard InChI is InChI=1S/C11H7BrClN3O2/c12-7-1-3-8(4-2-7)14-11-9(16(17)18)5-6-10(13)15-11/h1-6H,(H,14,15). The molecule has 0 spiro atoms. The zero-order valence-electron chi connectivity index (χ0n) is 8.93. The van der Waals surface area contributed by atoms with Gasteiger partial charge >= 0.3 is 5.69 Å². The Hall–Kier alpha value is -1.66. The quantitative estimate of drug-likeness (QED) is 0.522. The molecule has 0 aliphatic heterocycles. The number of benzene rings is 1. The minimum atomic E-state index is -0.509. The third kappa shape index (κ3) is 2.96. The van der Waals surface area contributed by atoms with Gasteiger partial charge in [-0.25, -0.2) is 4.98 Å². The Balaban J connectivity index is 2.35. The van der Waals surface area contributed by atoms with Crippen molar-refractivity contribution in [2.24, 2.45) is 0 Å². The topological polar surface area (TPSA) is 68.1 Å². The Morgan fingerprint density at radius 2 is 1.89 bits per heavy atom. The van der Waals surface area contributed by atoms with Gasteiger partial charge in [0.1, 0.15) is 5.15 Å². The lowest BCUT2D eigenvalue weighted by molar-refractivity contribution is -0.384. The molecule has 0 aliphatic carbocycles. The van der Waals surface area contributed by atoms with Crippen molar-refractivity contribution in [2.45, 2.75) is 0 Å². The maximum absolute atomic E-state index is 10.9. The molecule has 1 N–H and O–H groups in total. The first-order chi connectivity index (χ1) is 8.56. The molecule has 0 aliphatic rings. The van der Waals surface area contributed by atoms with E-state index in [0.717, 1.165) is 4.47 Å². The van der Waals surface area contributed by atoms with Gasteiger partial charge in [0.2, 0.25) is 5.82 Å². The average molecular weight is 329 g/mol. The van der Waals surface area contributed by atoms with Crippen LogP contribution in [0.5, 0.6) is 0 Å². The number of rotatable bonds is 3. The fourth-order valence-corrected chi connectivity index (χ4v) is 1.75. The fraction of sp³-hybridized carbons (Fsp3) is 0. The number of nitrogens with one attached hydrogen (secondary N) is 1. The van der Waals surface area contributed by atoms with Gasteiger partial charge < -0.3 is 5.32 Å². The number of aromatic nitrogens is 1. The van der Waals surface area contributed by atoms with Crippen molar-refractivity contribution in [3.63, 3.8) is 0 Å². The Kier molecular flexibility index (Phi) is 3.78. The van der Waals surface area contributed by atoms with E-state index in [0.29, 0.717) is 5.69 Å². The third-order valence-electron chi connectivity index (χ3n) is 2.14. The first kappa shape index (κ1) is 12.8. The van der Waals surface area contributed by atoms with Crippen molar-refractivity contribution in [1.82, 2.24) is 4.98 Å². The molecule has 1 aromatic carbocycles. The highest BCUT2D eigenvalue weighted by Gasteiger charge is 2.15. The highest BCUT2D eigenvalue weighted by molar-refractivity contribution is 9.10. The van der Waals surface area contributed by atoms with Gasteiger partial charge in [-0.1, -0.05) is 27.5 Å². The molecule has 7 heteroatoms. The summed E-state index contributed by atoms with van der Waals surface area (Å²) in [7, 11) is 0. The number of hydrogen-bond donors (Lipinski definition) is 1. The number of hydrogen-bond acceptors (Lipinski definition) is 4. The Morgan fingerprint density at radius 1 is 1.22 bits per heavy atom. The third-order valence-corrected chi connectivity index (χ3v) is 2.88. The van der Waals surface area contributed by atoms with Crippen LogP contribution in [0, 0.1) is 10.1 Å². The molecular weight excluding hydrogens is 321 g/mol. The molecule has 92 valence electrons. The first-order valence-electron chi connectivity index (χ1n) is 4.90. The Labute approximate surface area is 116 Å². The van der Waals surface area contributed by atoms with Gasteiger partial charge in [0.25, 0.3) is 0 Å². The molecule has 0 fully saturated rings. The van der Waals surface area contributed by atoms with E-state index in [4.69, 9.17) is 11.6 Å². The largest absolute Gasteiger partial charge is 0.334 e. The molecule has 2 rings (SSSR count). The molecule has 0 bridgehead atoms. The summed E-state index contributed by atoms with van der Waals surface area (Å²) in [4.78, 5) is 14.3. The lowest BCUT2D eigenvalue weighted by Crippen LogP contribution is -1.99. The summed E-state index contributed by atoms with van der Waals surface area (Å²) in [5, 5.41) is 13.9. The Bertz CT molecular complexity index is 589. The zero-order chi connectivity index (χ0) is 13.1. The molecule has 18 heavy (non-hydrogen) atoms. The van der Waals surface area contributed by atoms with Crippen LogP contribution in [0.2, 0.25) is 5.15 Å². The molecule has 0 unspecified atom stereocenters. The van der Waals surface area contributed by atoms with Gasteiger partial charge in [0.05, 0.1) is 4.92 Å². The second kappa shape index (κ2) is 5.32. The van der Waals surface area contributed by atoms with E-state index in [1.165, 1.54) is 12.1 Å². The van der Waals surface area contributed by atoms with Crippen LogP contribution in [0.25, 0.3) is 0 Å². The normalized spacial score (nSPS) is 10.1. The SMILES string of the molecule is O=[N+]([O-])c1ccc(Cl)nc1Nc1ccc(Br)cc1. The van der Waals surface area contributed by atoms with Crippen molar-refractivity contribution in [3.8, 4) is 0 Å². The van der Waals surface area contributed by atoms with Gasteiger partial charge in [0.15, 0.2) is 0 Å². The fourth-order valence-electron chi connectivity index (χ4n) is 1.34. The van der Waals surface area contributed by atoms with E-state index >= 15 is 0 Å². The molecule has 1 heterocycles. The van der Waals surface area contributed by atoms with Crippen molar-refractivity contribution < 1.29 is 4.92 Å². The summed E-state index contributed by atoms with van der Waals surface area (Å²) >= 11 is 9.04. The summed E-state index contributed by atoms with van der Waals surface area (Å²) < 4.78 is 0.918. The molecule has 0 atom stereocenters. The minimum absolute atomic E-state index is 0.120. The number of halogens is 2. The monoisotopic (exact) mass is 327 g/mol. The second-order valence-corrected chi connectivity index (χ2v) is 4.69. The van der Waals surface area contributed by atoms with Gasteiger partial charge in [-0.15, -0.1) is 0 Å². The number of nitrogens with zero attached hydrogens (tertiary/aromatic N) is 2. The summed E-state index contributed by atoms with van der Waals surface area (Å²) in [6, 6.07) is 9.88. The molecule has 0 radical (unpaired) electrons. The maximum atomic E-state index is 10.9. The van der Waals surface area contributed by atoms with Crippen molar-refractivity contribution >= 4 is 44.7 Å². The molecule has 0 amide bonds. The zero-order valence-corrected chi connectivity index (χ0v) is 11.3. The van der Waals surface area contributed by atoms with E-state index in [9.17, 15) is 10.1 Å². The van der Waals surface area contributed by atoms with Gasteiger partial charge in [-0.3, -0.25) is 10.1 Å². The van der Waals surface area contributed by atoms with E-state index in [1.807, 2.05) is 12.1 Å². The average Bonchev–Trinajstić information content (AvgIpc) is 2.32. The van der Waals surface area contributed by atoms with Crippen LogP contribution >= 0.6 is 27.5 Å². The molecule has 1 aromatic heterocycles. The summed E-state index contributed by atoms with van der Waals surface area (Å²) in [6.07, 6.45) is 0. The van der Waals surface area contributed by atoms with Crippen LogP contribution in [0.4, 0.5) is 17.2 Å². The van der Waals surface area contributed by atoms with Crippen LogP contribution in [-0.4, -0.2) is 9.91 Å². The second-order valence-electron chi connectivity index (χ2n) is 3.39. The van der Waals surface area contributed by atoms with E-state index in [-0.39, 0.29) is 16.7 Å². The van der Waals surface area contributed by atoms with Crippen LogP contribution in [-0.2, 0) is 0 Å². The molecular formula is C11H7BrClN3O2. The van der Waals surface area contributed by atoms with Crippen molar-refractivity contribution in [2.75, 3.05) is 5.32 Å². The molecule has 5 nitrogen and oxygen atoms in total. The summed E-state index contributed by atoms with van der Waals surface area (Å²) in [5.41, 5.74) is 0.568. The number of pyridine rings is 1. The van der Waals surface area contributed by atoms with Crippen LogP contribution in [0.3, 0.4) is 0 Å². The van der Waals surface area contributed by atoms with Crippen molar-refractivity contribution in [3.05, 3.63) is 56.1 Å². The highest BCUT2D eigenvalue weighted by atomic mass is 79.9. The lowest BCUT2D eigenvalue weighted by atomic mass is 10.3. The van der Waals surface area contributed by atoms with Gasteiger partial charge in [-0.2, -0.15) is 0 Å². The predicted octanol–water partition coefficient (Wildman–Crippen LogP) is 4.15. The van der Waals surface area contributed by atoms with Gasteiger partial charge in [0, 0.05) is 16.2 Å². The van der Waals surface area contributed by atoms with Gasteiger partial charge in [-0.05, 0) is 30.3 Å². The van der Waals surface area contributed by atoms with E-state index in [1.54, 1.807) is 12.1 Å². The number of nitro groups is 1. The maximum Gasteiger partial charge on any atom is 0.311 e. The smallest absolute Gasteiger partial charge is 0.311 e. The van der Waals surface area contributed by atoms with E-state index in [2.05, 4.69) is 26.2 Å². The van der Waals surface area contributed by atoms with Crippen molar-refractivity contribution in [1.29, 1.82) is 0 Å². The lowest BCUT2D eigenvalue weighted by Gasteiger charge is -2.06. The first-order valence-corrected chi connectivity index (χ1v) is 6.07. The molecule has 0 saturated carbocycles. The molecule has 2 aromatic rings. The van der Waals surface area contributed by atoms with Crippen LogP contribution < -0.4 is 5.32 Å². The molecule has 0 saturated heterocycles. The van der Waals surface area contributed by atoms with Crippen LogP contribution in [0.1, 0.15) is 0 Å².